The fourth-order valence-electron chi connectivity index (χ4n) is 1.53. The summed E-state index contributed by atoms with van der Waals surface area (Å²) < 4.78 is 4.87. The molecule has 0 rings (SSSR count). The van der Waals surface area contributed by atoms with Crippen LogP contribution in [0, 0.1) is 5.92 Å². The van der Waals surface area contributed by atoms with Crippen LogP contribution in [-0.2, 0) is 14.3 Å². The number of carbonyl (C=O) groups is 2. The minimum Gasteiger partial charge on any atom is -0.466 e. The Morgan fingerprint density at radius 3 is 2.33 bits per heavy atom. The normalized spacial score (nSPS) is 10.1. The Labute approximate surface area is 110 Å². The summed E-state index contributed by atoms with van der Waals surface area (Å²) in [5.74, 6) is 0.0889. The highest BCUT2D eigenvalue weighted by atomic mass is 16.5. The number of carbonyl (C=O) groups excluding carboxylic acids is 2. The highest BCUT2D eigenvalue weighted by Gasteiger charge is 2.14. The first-order valence-corrected chi connectivity index (χ1v) is 6.46. The van der Waals surface area contributed by atoms with Gasteiger partial charge in [-0.1, -0.05) is 19.4 Å². The summed E-state index contributed by atoms with van der Waals surface area (Å²) in [7, 11) is 0. The van der Waals surface area contributed by atoms with Crippen molar-refractivity contribution < 1.29 is 14.3 Å². The SMILES string of the molecule is CCOC(=O)CCN(CC(C)C)C(=O)C=C(C)C. The van der Waals surface area contributed by atoms with Crippen LogP contribution in [0.5, 0.6) is 0 Å². The van der Waals surface area contributed by atoms with E-state index in [2.05, 4.69) is 0 Å². The molecular weight excluding hydrogens is 230 g/mol. The average Bonchev–Trinajstić information content (AvgIpc) is 2.23. The second-order valence-corrected chi connectivity index (χ2v) is 4.95. The molecule has 0 atom stereocenters. The van der Waals surface area contributed by atoms with Crippen molar-refractivity contribution in [2.24, 2.45) is 5.92 Å². The Kier molecular flexibility index (Phi) is 8.08. The van der Waals surface area contributed by atoms with Crippen molar-refractivity contribution in [2.45, 2.75) is 41.0 Å². The van der Waals surface area contributed by atoms with Gasteiger partial charge in [0.05, 0.1) is 13.0 Å². The van der Waals surface area contributed by atoms with Crippen LogP contribution in [0.25, 0.3) is 0 Å². The lowest BCUT2D eigenvalue weighted by Crippen LogP contribution is -2.35. The molecule has 0 bridgehead atoms. The van der Waals surface area contributed by atoms with Gasteiger partial charge in [0.25, 0.3) is 0 Å². The van der Waals surface area contributed by atoms with E-state index in [9.17, 15) is 9.59 Å². The zero-order valence-electron chi connectivity index (χ0n) is 12.2. The molecule has 18 heavy (non-hydrogen) atoms. The molecule has 0 N–H and O–H groups in total. The monoisotopic (exact) mass is 255 g/mol. The van der Waals surface area contributed by atoms with Crippen molar-refractivity contribution in [2.75, 3.05) is 19.7 Å². The number of amides is 1. The van der Waals surface area contributed by atoms with Crippen LogP contribution in [0.4, 0.5) is 0 Å². The standard InChI is InChI=1S/C14H25NO3/c1-6-18-14(17)7-8-15(10-12(4)5)13(16)9-11(2)3/h9,12H,6-8,10H2,1-5H3. The second kappa shape index (κ2) is 8.72. The Balaban J connectivity index is 4.45. The van der Waals surface area contributed by atoms with Gasteiger partial charge in [-0.15, -0.1) is 0 Å². The van der Waals surface area contributed by atoms with Gasteiger partial charge in [0.1, 0.15) is 0 Å². The Morgan fingerprint density at radius 2 is 1.89 bits per heavy atom. The van der Waals surface area contributed by atoms with Crippen LogP contribution in [0.1, 0.15) is 41.0 Å². The van der Waals surface area contributed by atoms with Gasteiger partial charge in [-0.2, -0.15) is 0 Å². The predicted octanol–water partition coefficient (Wildman–Crippen LogP) is 2.39. The maximum atomic E-state index is 12.0. The van der Waals surface area contributed by atoms with Gasteiger partial charge >= 0.3 is 5.97 Å². The second-order valence-electron chi connectivity index (χ2n) is 4.95. The molecular formula is C14H25NO3. The first-order valence-electron chi connectivity index (χ1n) is 6.46. The van der Waals surface area contributed by atoms with E-state index in [1.807, 2.05) is 27.7 Å². The molecule has 0 aliphatic heterocycles. The van der Waals surface area contributed by atoms with Gasteiger partial charge in [-0.05, 0) is 26.7 Å². The zero-order valence-corrected chi connectivity index (χ0v) is 12.2. The summed E-state index contributed by atoms with van der Waals surface area (Å²) in [6.07, 6.45) is 1.86. The van der Waals surface area contributed by atoms with Crippen molar-refractivity contribution in [1.82, 2.24) is 4.90 Å². The quantitative estimate of drug-likeness (QED) is 0.518. The van der Waals surface area contributed by atoms with E-state index in [1.54, 1.807) is 17.9 Å². The molecule has 0 radical (unpaired) electrons. The van der Waals surface area contributed by atoms with E-state index in [0.29, 0.717) is 25.6 Å². The van der Waals surface area contributed by atoms with Gasteiger partial charge in [0.2, 0.25) is 5.91 Å². The van der Waals surface area contributed by atoms with Gasteiger partial charge in [-0.25, -0.2) is 0 Å². The molecule has 1 amide bonds. The molecule has 0 aliphatic carbocycles. The number of esters is 1. The maximum Gasteiger partial charge on any atom is 0.307 e. The van der Waals surface area contributed by atoms with E-state index < -0.39 is 0 Å². The molecule has 0 heterocycles. The zero-order chi connectivity index (χ0) is 14.1. The minimum atomic E-state index is -0.253. The van der Waals surface area contributed by atoms with Gasteiger partial charge < -0.3 is 9.64 Å². The highest BCUT2D eigenvalue weighted by molar-refractivity contribution is 5.88. The summed E-state index contributed by atoms with van der Waals surface area (Å²) >= 11 is 0. The fraction of sp³-hybridized carbons (Fsp3) is 0.714. The number of hydrogen-bond acceptors (Lipinski definition) is 3. The molecule has 0 aliphatic rings. The van der Waals surface area contributed by atoms with E-state index >= 15 is 0 Å². The van der Waals surface area contributed by atoms with Gasteiger partial charge in [0.15, 0.2) is 0 Å². The first kappa shape index (κ1) is 16.7. The molecule has 0 aromatic carbocycles. The largest absolute Gasteiger partial charge is 0.466 e. The van der Waals surface area contributed by atoms with Crippen LogP contribution in [-0.4, -0.2) is 36.5 Å². The number of nitrogens with zero attached hydrogens (tertiary/aromatic N) is 1. The lowest BCUT2D eigenvalue weighted by atomic mass is 10.2. The molecule has 4 heteroatoms. The van der Waals surface area contributed by atoms with Crippen LogP contribution in [0.2, 0.25) is 0 Å². The third-order valence-corrected chi connectivity index (χ3v) is 2.20. The van der Waals surface area contributed by atoms with E-state index in [4.69, 9.17) is 4.74 Å². The minimum absolute atomic E-state index is 0.0343. The summed E-state index contributed by atoms with van der Waals surface area (Å²) in [4.78, 5) is 25.0. The van der Waals surface area contributed by atoms with Crippen molar-refractivity contribution in [3.63, 3.8) is 0 Å². The molecule has 0 unspecified atom stereocenters. The predicted molar refractivity (Wildman–Crippen MR) is 72.1 cm³/mol. The van der Waals surface area contributed by atoms with Gasteiger partial charge in [-0.3, -0.25) is 9.59 Å². The van der Waals surface area contributed by atoms with Crippen LogP contribution < -0.4 is 0 Å². The fourth-order valence-corrected chi connectivity index (χ4v) is 1.53. The summed E-state index contributed by atoms with van der Waals surface area (Å²) in [5, 5.41) is 0. The lowest BCUT2D eigenvalue weighted by Gasteiger charge is -2.23. The van der Waals surface area contributed by atoms with Crippen molar-refractivity contribution in [3.05, 3.63) is 11.6 Å². The van der Waals surface area contributed by atoms with E-state index in [-0.39, 0.29) is 18.3 Å². The molecule has 0 fully saturated rings. The number of hydrogen-bond donors (Lipinski definition) is 0. The lowest BCUT2D eigenvalue weighted by molar-refractivity contribution is -0.143. The third-order valence-electron chi connectivity index (χ3n) is 2.20. The molecule has 4 nitrogen and oxygen atoms in total. The number of allylic oxidation sites excluding steroid dienone is 1. The summed E-state index contributed by atoms with van der Waals surface area (Å²) in [6.45, 7) is 11.1. The Bertz CT molecular complexity index is 304. The molecule has 0 saturated heterocycles. The summed E-state index contributed by atoms with van der Waals surface area (Å²) in [5.41, 5.74) is 0.963. The molecule has 0 spiro atoms. The van der Waals surface area contributed by atoms with Crippen LogP contribution in [0.15, 0.2) is 11.6 Å². The van der Waals surface area contributed by atoms with E-state index in [0.717, 1.165) is 5.57 Å². The van der Waals surface area contributed by atoms with Crippen LogP contribution >= 0.6 is 0 Å². The summed E-state index contributed by atoms with van der Waals surface area (Å²) in [6, 6.07) is 0. The van der Waals surface area contributed by atoms with E-state index in [1.165, 1.54) is 0 Å². The van der Waals surface area contributed by atoms with Gasteiger partial charge in [0, 0.05) is 19.2 Å². The third kappa shape index (κ3) is 7.87. The van der Waals surface area contributed by atoms with Crippen molar-refractivity contribution in [1.29, 1.82) is 0 Å². The Morgan fingerprint density at radius 1 is 1.28 bits per heavy atom. The average molecular weight is 255 g/mol. The molecule has 0 aromatic rings. The highest BCUT2D eigenvalue weighted by Crippen LogP contribution is 2.04. The van der Waals surface area contributed by atoms with Crippen molar-refractivity contribution in [3.8, 4) is 0 Å². The molecule has 0 aromatic heterocycles. The number of ether oxygens (including phenoxy) is 1. The smallest absolute Gasteiger partial charge is 0.307 e. The molecule has 0 saturated carbocycles. The number of rotatable bonds is 7. The first-order chi connectivity index (χ1) is 8.36. The topological polar surface area (TPSA) is 46.6 Å². The van der Waals surface area contributed by atoms with Crippen LogP contribution in [0.3, 0.4) is 0 Å². The molecule has 104 valence electrons. The maximum absolute atomic E-state index is 12.0. The Hall–Kier alpha value is -1.32. The van der Waals surface area contributed by atoms with Crippen molar-refractivity contribution >= 4 is 11.9 Å².